The fraction of sp³-hybridized carbons (Fsp3) is 0.400. The number of benzene rings is 1. The van der Waals surface area contributed by atoms with Gasteiger partial charge in [-0.3, -0.25) is 0 Å². The standard InChI is InChI=1S/C10H11Br2NO/c1-5-2-3-6-7(11)4-8(12)10(14)9(6)13-5/h4-5,13-14H,2-3H2,1H3/p+1. The molecule has 0 saturated carbocycles. The number of phenolic OH excluding ortho intramolecular Hbond substituents is 1. The molecule has 0 aliphatic carbocycles. The molecule has 1 aliphatic rings. The van der Waals surface area contributed by atoms with Crippen LogP contribution in [0.3, 0.4) is 0 Å². The minimum Gasteiger partial charge on any atom is -0.502 e. The second-order valence-electron chi connectivity index (χ2n) is 3.76. The van der Waals surface area contributed by atoms with Gasteiger partial charge in [0.05, 0.1) is 10.5 Å². The molecule has 1 heterocycles. The quantitative estimate of drug-likeness (QED) is 0.559. The van der Waals surface area contributed by atoms with Crippen LogP contribution in [0.4, 0.5) is 5.69 Å². The largest absolute Gasteiger partial charge is 0.502 e. The molecule has 1 unspecified atom stereocenters. The molecular weight excluding hydrogens is 310 g/mol. The number of phenols is 1. The first-order chi connectivity index (χ1) is 6.59. The predicted molar refractivity (Wildman–Crippen MR) is 62.9 cm³/mol. The Morgan fingerprint density at radius 3 is 2.86 bits per heavy atom. The van der Waals surface area contributed by atoms with E-state index in [9.17, 15) is 5.11 Å². The molecule has 0 fully saturated rings. The zero-order valence-electron chi connectivity index (χ0n) is 7.85. The van der Waals surface area contributed by atoms with E-state index >= 15 is 0 Å². The van der Waals surface area contributed by atoms with Gasteiger partial charge in [0.25, 0.3) is 0 Å². The van der Waals surface area contributed by atoms with Gasteiger partial charge < -0.3 is 10.4 Å². The molecule has 4 heteroatoms. The van der Waals surface area contributed by atoms with Crippen LogP contribution in [-0.2, 0) is 6.42 Å². The smallest absolute Gasteiger partial charge is 0.191 e. The highest BCUT2D eigenvalue weighted by atomic mass is 79.9. The highest BCUT2D eigenvalue weighted by Crippen LogP contribution is 2.39. The van der Waals surface area contributed by atoms with Crippen molar-refractivity contribution in [3.8, 4) is 5.75 Å². The van der Waals surface area contributed by atoms with E-state index in [1.807, 2.05) is 6.07 Å². The van der Waals surface area contributed by atoms with E-state index in [1.165, 1.54) is 5.56 Å². The first-order valence-electron chi connectivity index (χ1n) is 4.64. The van der Waals surface area contributed by atoms with E-state index in [0.29, 0.717) is 11.8 Å². The van der Waals surface area contributed by atoms with Gasteiger partial charge in [0.15, 0.2) is 11.4 Å². The third kappa shape index (κ3) is 1.71. The zero-order valence-corrected chi connectivity index (χ0v) is 11.0. The summed E-state index contributed by atoms with van der Waals surface area (Å²) in [5.41, 5.74) is 2.22. The summed E-state index contributed by atoms with van der Waals surface area (Å²) in [6.07, 6.45) is 2.20. The van der Waals surface area contributed by atoms with Crippen molar-refractivity contribution in [1.29, 1.82) is 0 Å². The fourth-order valence-corrected chi connectivity index (χ4v) is 3.23. The third-order valence-corrected chi connectivity index (χ3v) is 3.96. The Labute approximate surface area is 100.0 Å². The van der Waals surface area contributed by atoms with E-state index in [1.54, 1.807) is 0 Å². The van der Waals surface area contributed by atoms with Gasteiger partial charge in [-0.25, -0.2) is 0 Å². The van der Waals surface area contributed by atoms with Gasteiger partial charge in [0.1, 0.15) is 0 Å². The number of hydrogen-bond acceptors (Lipinski definition) is 1. The van der Waals surface area contributed by atoms with Gasteiger partial charge in [0, 0.05) is 16.5 Å². The van der Waals surface area contributed by atoms with Crippen molar-refractivity contribution in [2.75, 3.05) is 0 Å². The van der Waals surface area contributed by atoms with Crippen LogP contribution >= 0.6 is 31.9 Å². The number of halogens is 2. The molecule has 0 spiro atoms. The summed E-state index contributed by atoms with van der Waals surface area (Å²) in [6.45, 7) is 2.18. The first-order valence-corrected chi connectivity index (χ1v) is 6.23. The maximum atomic E-state index is 9.89. The van der Waals surface area contributed by atoms with Gasteiger partial charge in [-0.15, -0.1) is 0 Å². The second-order valence-corrected chi connectivity index (χ2v) is 5.47. The van der Waals surface area contributed by atoms with Crippen molar-refractivity contribution in [2.24, 2.45) is 0 Å². The number of quaternary nitrogens is 1. The molecule has 1 aliphatic heterocycles. The Bertz CT molecular complexity index is 379. The fourth-order valence-electron chi connectivity index (χ4n) is 1.84. The van der Waals surface area contributed by atoms with Crippen LogP contribution in [0.15, 0.2) is 15.0 Å². The van der Waals surface area contributed by atoms with Crippen molar-refractivity contribution in [2.45, 2.75) is 25.8 Å². The van der Waals surface area contributed by atoms with Crippen molar-refractivity contribution in [1.82, 2.24) is 0 Å². The molecule has 2 nitrogen and oxygen atoms in total. The van der Waals surface area contributed by atoms with Crippen LogP contribution in [0.5, 0.6) is 5.75 Å². The molecule has 0 amide bonds. The molecule has 0 radical (unpaired) electrons. The highest BCUT2D eigenvalue weighted by Gasteiger charge is 2.25. The van der Waals surface area contributed by atoms with E-state index in [-0.39, 0.29) is 0 Å². The molecule has 14 heavy (non-hydrogen) atoms. The van der Waals surface area contributed by atoms with Crippen LogP contribution < -0.4 is 5.32 Å². The van der Waals surface area contributed by atoms with Crippen LogP contribution in [-0.4, -0.2) is 11.1 Å². The third-order valence-electron chi connectivity index (χ3n) is 2.65. The Hall–Kier alpha value is -0.0600. The van der Waals surface area contributed by atoms with Gasteiger partial charge in [0.2, 0.25) is 0 Å². The summed E-state index contributed by atoms with van der Waals surface area (Å²) in [5, 5.41) is 12.0. The topological polar surface area (TPSA) is 36.8 Å². The number of nitrogens with two attached hydrogens (primary N) is 1. The van der Waals surface area contributed by atoms with Crippen LogP contribution in [0, 0.1) is 0 Å². The molecule has 0 saturated heterocycles. The van der Waals surface area contributed by atoms with Gasteiger partial charge in [-0.2, -0.15) is 0 Å². The number of aromatic hydroxyl groups is 1. The summed E-state index contributed by atoms with van der Waals surface area (Å²) >= 11 is 6.87. The predicted octanol–water partition coefficient (Wildman–Crippen LogP) is 2.45. The summed E-state index contributed by atoms with van der Waals surface area (Å²) in [4.78, 5) is 0. The van der Waals surface area contributed by atoms with Crippen molar-refractivity contribution >= 4 is 37.5 Å². The summed E-state index contributed by atoms with van der Waals surface area (Å²) in [5.74, 6) is 0.370. The van der Waals surface area contributed by atoms with Gasteiger partial charge >= 0.3 is 0 Å². The van der Waals surface area contributed by atoms with Gasteiger partial charge in [-0.1, -0.05) is 15.9 Å². The van der Waals surface area contributed by atoms with E-state index < -0.39 is 0 Å². The Kier molecular flexibility index (Phi) is 2.86. The molecule has 0 bridgehead atoms. The van der Waals surface area contributed by atoms with Crippen LogP contribution in [0.1, 0.15) is 18.9 Å². The lowest BCUT2D eigenvalue weighted by molar-refractivity contribution is -0.612. The van der Waals surface area contributed by atoms with E-state index in [4.69, 9.17) is 0 Å². The van der Waals surface area contributed by atoms with Crippen molar-refractivity contribution in [3.63, 3.8) is 0 Å². The molecule has 0 aromatic heterocycles. The Morgan fingerprint density at radius 1 is 1.43 bits per heavy atom. The maximum Gasteiger partial charge on any atom is 0.191 e. The first kappa shape index (κ1) is 10.5. The van der Waals surface area contributed by atoms with Crippen LogP contribution in [0.2, 0.25) is 0 Å². The molecular formula is C10H12Br2NO+. The average Bonchev–Trinajstić information content (AvgIpc) is 2.14. The average molecular weight is 322 g/mol. The summed E-state index contributed by atoms with van der Waals surface area (Å²) in [6, 6.07) is 2.47. The van der Waals surface area contributed by atoms with Crippen LogP contribution in [0.25, 0.3) is 0 Å². The summed E-state index contributed by atoms with van der Waals surface area (Å²) in [7, 11) is 0. The molecule has 76 valence electrons. The number of rotatable bonds is 0. The normalized spacial score (nSPS) is 20.6. The number of fused-ring (bicyclic) bond motifs is 1. The van der Waals surface area contributed by atoms with Gasteiger partial charge in [-0.05, 0) is 35.3 Å². The molecule has 1 atom stereocenters. The molecule has 1 aromatic carbocycles. The SMILES string of the molecule is CC1CCc2c(Br)cc(Br)c(O)c2[NH2+]1. The van der Waals surface area contributed by atoms with E-state index in [0.717, 1.165) is 27.5 Å². The summed E-state index contributed by atoms with van der Waals surface area (Å²) < 4.78 is 1.84. The maximum absolute atomic E-state index is 9.89. The highest BCUT2D eigenvalue weighted by molar-refractivity contribution is 9.11. The Balaban J connectivity index is 2.57. The molecule has 3 N–H and O–H groups in total. The lowest BCUT2D eigenvalue weighted by Gasteiger charge is -2.21. The van der Waals surface area contributed by atoms with Crippen molar-refractivity contribution < 1.29 is 10.4 Å². The lowest BCUT2D eigenvalue weighted by atomic mass is 9.98. The second kappa shape index (κ2) is 3.83. The Morgan fingerprint density at radius 2 is 2.14 bits per heavy atom. The zero-order chi connectivity index (χ0) is 10.3. The van der Waals surface area contributed by atoms with Crippen molar-refractivity contribution in [3.05, 3.63) is 20.6 Å². The molecule has 1 aromatic rings. The monoisotopic (exact) mass is 320 g/mol. The minimum absolute atomic E-state index is 0.370. The lowest BCUT2D eigenvalue weighted by Crippen LogP contribution is -2.85. The minimum atomic E-state index is 0.370. The van der Waals surface area contributed by atoms with E-state index in [2.05, 4.69) is 44.1 Å². The number of hydrogen-bond donors (Lipinski definition) is 2. The molecule has 2 rings (SSSR count).